The topological polar surface area (TPSA) is 60.2 Å². The highest BCUT2D eigenvalue weighted by molar-refractivity contribution is 5.97. The van der Waals surface area contributed by atoms with E-state index in [0.29, 0.717) is 5.56 Å². The highest BCUT2D eigenvalue weighted by atomic mass is 16.6. The molecule has 2 atom stereocenters. The van der Waals surface area contributed by atoms with E-state index in [9.17, 15) is 14.9 Å². The standard InChI is InChI=1S/C12H15NO3/c1-9(8-10(2)13(15)16)12(14)11-6-4-3-5-7-11/h3-7,9-10H,8H2,1-2H3. The third-order valence-corrected chi connectivity index (χ3v) is 2.56. The van der Waals surface area contributed by atoms with E-state index in [2.05, 4.69) is 0 Å². The van der Waals surface area contributed by atoms with E-state index in [1.807, 2.05) is 6.07 Å². The third kappa shape index (κ3) is 3.15. The van der Waals surface area contributed by atoms with Gasteiger partial charge in [-0.2, -0.15) is 0 Å². The number of nitrogens with zero attached hydrogens (tertiary/aromatic N) is 1. The molecule has 0 aromatic heterocycles. The third-order valence-electron chi connectivity index (χ3n) is 2.56. The molecule has 0 aliphatic heterocycles. The summed E-state index contributed by atoms with van der Waals surface area (Å²) in [5.74, 6) is -0.350. The first-order chi connectivity index (χ1) is 7.52. The molecule has 0 heterocycles. The van der Waals surface area contributed by atoms with Gasteiger partial charge in [0.05, 0.1) is 0 Å². The summed E-state index contributed by atoms with van der Waals surface area (Å²) in [5, 5.41) is 10.5. The van der Waals surface area contributed by atoms with Crippen molar-refractivity contribution in [2.75, 3.05) is 0 Å². The summed E-state index contributed by atoms with van der Waals surface area (Å²) < 4.78 is 0. The van der Waals surface area contributed by atoms with E-state index in [1.165, 1.54) is 6.92 Å². The highest BCUT2D eigenvalue weighted by Crippen LogP contribution is 2.14. The number of hydrogen-bond acceptors (Lipinski definition) is 3. The van der Waals surface area contributed by atoms with Crippen LogP contribution in [0.25, 0.3) is 0 Å². The van der Waals surface area contributed by atoms with Gasteiger partial charge in [0.2, 0.25) is 6.04 Å². The summed E-state index contributed by atoms with van der Waals surface area (Å²) >= 11 is 0. The number of Topliss-reactive ketones (excluding diaryl/α,β-unsaturated/α-hetero) is 1. The molecule has 86 valence electrons. The van der Waals surface area contributed by atoms with E-state index < -0.39 is 6.04 Å². The van der Waals surface area contributed by atoms with Gasteiger partial charge in [-0.25, -0.2) is 0 Å². The van der Waals surface area contributed by atoms with Gasteiger partial charge in [0, 0.05) is 29.7 Å². The van der Waals surface area contributed by atoms with Crippen molar-refractivity contribution >= 4 is 5.78 Å². The van der Waals surface area contributed by atoms with Crippen molar-refractivity contribution in [1.82, 2.24) is 0 Å². The molecule has 0 N–H and O–H groups in total. The maximum Gasteiger partial charge on any atom is 0.211 e. The lowest BCUT2D eigenvalue weighted by Gasteiger charge is -2.11. The van der Waals surface area contributed by atoms with Gasteiger partial charge in [-0.15, -0.1) is 0 Å². The van der Waals surface area contributed by atoms with E-state index in [-0.39, 0.29) is 23.0 Å². The van der Waals surface area contributed by atoms with Crippen molar-refractivity contribution in [3.8, 4) is 0 Å². The molecule has 1 aromatic rings. The number of nitro groups is 1. The SMILES string of the molecule is CC(CC(C)[N+](=O)[O-])C(=O)c1ccccc1. The van der Waals surface area contributed by atoms with Gasteiger partial charge in [-0.05, 0) is 0 Å². The molecule has 0 saturated heterocycles. The Labute approximate surface area is 94.4 Å². The Morgan fingerprint density at radius 3 is 2.38 bits per heavy atom. The first kappa shape index (κ1) is 12.4. The average molecular weight is 221 g/mol. The summed E-state index contributed by atoms with van der Waals surface area (Å²) in [4.78, 5) is 22.0. The quantitative estimate of drug-likeness (QED) is 0.436. The van der Waals surface area contributed by atoms with Gasteiger partial charge in [0.15, 0.2) is 5.78 Å². The molecule has 0 fully saturated rings. The molecule has 4 heteroatoms. The number of benzene rings is 1. The van der Waals surface area contributed by atoms with Crippen LogP contribution in [0, 0.1) is 16.0 Å². The monoisotopic (exact) mass is 221 g/mol. The van der Waals surface area contributed by atoms with Crippen molar-refractivity contribution in [3.05, 3.63) is 46.0 Å². The molecule has 0 saturated carbocycles. The summed E-state index contributed by atoms with van der Waals surface area (Å²) in [6.45, 7) is 3.25. The number of rotatable bonds is 5. The fourth-order valence-corrected chi connectivity index (χ4v) is 1.59. The molecular weight excluding hydrogens is 206 g/mol. The predicted molar refractivity (Wildman–Crippen MR) is 61.0 cm³/mol. The molecule has 2 unspecified atom stereocenters. The van der Waals surface area contributed by atoms with Crippen molar-refractivity contribution in [2.45, 2.75) is 26.3 Å². The molecule has 1 aromatic carbocycles. The second-order valence-corrected chi connectivity index (χ2v) is 4.00. The molecule has 0 radical (unpaired) electrons. The maximum atomic E-state index is 11.9. The van der Waals surface area contributed by atoms with Gasteiger partial charge in [0.25, 0.3) is 0 Å². The molecule has 0 amide bonds. The molecule has 4 nitrogen and oxygen atoms in total. The zero-order valence-electron chi connectivity index (χ0n) is 9.42. The van der Waals surface area contributed by atoms with E-state index in [0.717, 1.165) is 0 Å². The van der Waals surface area contributed by atoms with Crippen molar-refractivity contribution in [3.63, 3.8) is 0 Å². The van der Waals surface area contributed by atoms with Gasteiger partial charge < -0.3 is 0 Å². The zero-order chi connectivity index (χ0) is 12.1. The van der Waals surface area contributed by atoms with Crippen LogP contribution in [-0.2, 0) is 0 Å². The molecule has 0 aliphatic rings. The molecule has 0 aliphatic carbocycles. The van der Waals surface area contributed by atoms with Crippen molar-refractivity contribution in [2.24, 2.45) is 5.92 Å². The Morgan fingerprint density at radius 2 is 1.88 bits per heavy atom. The Balaban J connectivity index is 2.65. The lowest BCUT2D eigenvalue weighted by atomic mass is 9.94. The van der Waals surface area contributed by atoms with Crippen LogP contribution in [0.3, 0.4) is 0 Å². The van der Waals surface area contributed by atoms with Crippen LogP contribution in [-0.4, -0.2) is 16.7 Å². The Bertz CT molecular complexity index is 375. The molecule has 0 spiro atoms. The van der Waals surface area contributed by atoms with Crippen molar-refractivity contribution < 1.29 is 9.72 Å². The van der Waals surface area contributed by atoms with Crippen LogP contribution in [0.2, 0.25) is 0 Å². The minimum absolute atomic E-state index is 0.0331. The van der Waals surface area contributed by atoms with E-state index in [1.54, 1.807) is 31.2 Å². The maximum absolute atomic E-state index is 11.9. The van der Waals surface area contributed by atoms with E-state index >= 15 is 0 Å². The Hall–Kier alpha value is -1.71. The largest absolute Gasteiger partial charge is 0.294 e. The summed E-state index contributed by atoms with van der Waals surface area (Å²) in [5.41, 5.74) is 0.616. The van der Waals surface area contributed by atoms with Gasteiger partial charge in [-0.1, -0.05) is 37.3 Å². The zero-order valence-corrected chi connectivity index (χ0v) is 9.42. The van der Waals surface area contributed by atoms with Crippen LogP contribution in [0.1, 0.15) is 30.6 Å². The highest BCUT2D eigenvalue weighted by Gasteiger charge is 2.22. The van der Waals surface area contributed by atoms with E-state index in [4.69, 9.17) is 0 Å². The Kier molecular flexibility index (Phi) is 4.17. The number of hydrogen-bond donors (Lipinski definition) is 0. The number of carbonyl (C=O) groups excluding carboxylic acids is 1. The number of carbonyl (C=O) groups is 1. The van der Waals surface area contributed by atoms with Gasteiger partial charge in [-0.3, -0.25) is 14.9 Å². The fourth-order valence-electron chi connectivity index (χ4n) is 1.59. The minimum Gasteiger partial charge on any atom is -0.294 e. The smallest absolute Gasteiger partial charge is 0.211 e. The molecular formula is C12H15NO3. The van der Waals surface area contributed by atoms with Crippen LogP contribution in [0.4, 0.5) is 0 Å². The second kappa shape index (κ2) is 5.39. The van der Waals surface area contributed by atoms with Crippen molar-refractivity contribution in [1.29, 1.82) is 0 Å². The van der Waals surface area contributed by atoms with Crippen LogP contribution in [0.5, 0.6) is 0 Å². The first-order valence-electron chi connectivity index (χ1n) is 5.25. The lowest BCUT2D eigenvalue weighted by Crippen LogP contribution is -2.22. The van der Waals surface area contributed by atoms with Gasteiger partial charge in [0.1, 0.15) is 0 Å². The Morgan fingerprint density at radius 1 is 1.31 bits per heavy atom. The molecule has 1 rings (SSSR count). The number of ketones is 1. The molecule has 0 bridgehead atoms. The normalized spacial score (nSPS) is 14.1. The van der Waals surface area contributed by atoms with Gasteiger partial charge >= 0.3 is 0 Å². The predicted octanol–water partition coefficient (Wildman–Crippen LogP) is 2.56. The minimum atomic E-state index is -0.678. The van der Waals surface area contributed by atoms with Crippen LogP contribution < -0.4 is 0 Å². The lowest BCUT2D eigenvalue weighted by molar-refractivity contribution is -0.519. The van der Waals surface area contributed by atoms with Crippen LogP contribution >= 0.6 is 0 Å². The fraction of sp³-hybridized carbons (Fsp3) is 0.417. The summed E-state index contributed by atoms with van der Waals surface area (Å²) in [7, 11) is 0. The summed E-state index contributed by atoms with van der Waals surface area (Å²) in [6.07, 6.45) is 0.278. The first-order valence-corrected chi connectivity index (χ1v) is 5.25. The summed E-state index contributed by atoms with van der Waals surface area (Å²) in [6, 6.07) is 8.20. The average Bonchev–Trinajstić information content (AvgIpc) is 2.28. The second-order valence-electron chi connectivity index (χ2n) is 4.00. The van der Waals surface area contributed by atoms with Crippen LogP contribution in [0.15, 0.2) is 30.3 Å². The molecule has 16 heavy (non-hydrogen) atoms.